The van der Waals surface area contributed by atoms with Crippen molar-refractivity contribution in [3.05, 3.63) is 40.6 Å². The summed E-state index contributed by atoms with van der Waals surface area (Å²) in [4.78, 5) is 13.3. The molecule has 0 bridgehead atoms. The van der Waals surface area contributed by atoms with E-state index in [1.807, 2.05) is 12.3 Å². The van der Waals surface area contributed by atoms with E-state index in [-0.39, 0.29) is 5.78 Å². The standard InChI is InChI=1S/C10H5BrCl2OS2/c1-4-3-15-9(7(4)12)8(14)6-2-5(11)10(13)16-6/h2-3H,1H3. The Morgan fingerprint density at radius 2 is 2.12 bits per heavy atom. The topological polar surface area (TPSA) is 17.1 Å². The average molecular weight is 356 g/mol. The molecule has 0 N–H and O–H groups in total. The molecule has 0 unspecified atom stereocenters. The second-order valence-corrected chi connectivity index (χ2v) is 6.89. The van der Waals surface area contributed by atoms with Crippen LogP contribution in [0.3, 0.4) is 0 Å². The van der Waals surface area contributed by atoms with E-state index in [1.165, 1.54) is 22.7 Å². The summed E-state index contributed by atoms with van der Waals surface area (Å²) in [6.45, 7) is 1.88. The highest BCUT2D eigenvalue weighted by Crippen LogP contribution is 2.36. The molecule has 0 aliphatic rings. The van der Waals surface area contributed by atoms with Crippen LogP contribution in [0.5, 0.6) is 0 Å². The molecular weight excluding hydrogens is 351 g/mol. The van der Waals surface area contributed by atoms with Gasteiger partial charge in [0.25, 0.3) is 0 Å². The zero-order valence-electron chi connectivity index (χ0n) is 8.01. The third-order valence-corrected chi connectivity index (χ3v) is 6.14. The zero-order valence-corrected chi connectivity index (χ0v) is 12.7. The van der Waals surface area contributed by atoms with Crippen LogP contribution in [0.2, 0.25) is 9.36 Å². The van der Waals surface area contributed by atoms with Crippen molar-refractivity contribution in [2.75, 3.05) is 0 Å². The first-order valence-corrected chi connectivity index (χ1v) is 7.48. The molecular formula is C10H5BrCl2OS2. The third kappa shape index (κ3) is 2.22. The Kier molecular flexibility index (Phi) is 3.76. The molecule has 0 spiro atoms. The van der Waals surface area contributed by atoms with Gasteiger partial charge < -0.3 is 0 Å². The number of carbonyl (C=O) groups is 1. The van der Waals surface area contributed by atoms with Crippen LogP contribution in [0.15, 0.2) is 15.9 Å². The highest BCUT2D eigenvalue weighted by atomic mass is 79.9. The molecule has 0 aliphatic heterocycles. The van der Waals surface area contributed by atoms with E-state index in [9.17, 15) is 4.79 Å². The van der Waals surface area contributed by atoms with Gasteiger partial charge in [-0.05, 0) is 39.9 Å². The van der Waals surface area contributed by atoms with E-state index < -0.39 is 0 Å². The SMILES string of the molecule is Cc1csc(C(=O)c2cc(Br)c(Cl)s2)c1Cl. The van der Waals surface area contributed by atoms with Crippen molar-refractivity contribution in [2.45, 2.75) is 6.92 Å². The van der Waals surface area contributed by atoms with Crippen molar-refractivity contribution in [3.8, 4) is 0 Å². The summed E-state index contributed by atoms with van der Waals surface area (Å²) in [5.74, 6) is -0.0688. The first-order chi connectivity index (χ1) is 7.50. The molecule has 2 aromatic rings. The fourth-order valence-electron chi connectivity index (χ4n) is 1.15. The lowest BCUT2D eigenvalue weighted by atomic mass is 10.2. The van der Waals surface area contributed by atoms with Crippen LogP contribution < -0.4 is 0 Å². The first-order valence-electron chi connectivity index (χ1n) is 4.24. The molecule has 1 nitrogen and oxygen atoms in total. The molecule has 0 aromatic carbocycles. The minimum atomic E-state index is -0.0688. The van der Waals surface area contributed by atoms with Gasteiger partial charge in [0.05, 0.1) is 14.8 Å². The van der Waals surface area contributed by atoms with Crippen LogP contribution in [-0.4, -0.2) is 5.78 Å². The molecule has 2 heterocycles. The molecule has 0 saturated carbocycles. The van der Waals surface area contributed by atoms with E-state index in [1.54, 1.807) is 6.07 Å². The van der Waals surface area contributed by atoms with Crippen molar-refractivity contribution < 1.29 is 4.79 Å². The summed E-state index contributed by atoms with van der Waals surface area (Å²) in [5, 5.41) is 2.41. The quantitative estimate of drug-likeness (QED) is 0.657. The number of hydrogen-bond acceptors (Lipinski definition) is 3. The summed E-state index contributed by atoms with van der Waals surface area (Å²) in [6.07, 6.45) is 0. The van der Waals surface area contributed by atoms with Gasteiger partial charge >= 0.3 is 0 Å². The van der Waals surface area contributed by atoms with E-state index in [2.05, 4.69) is 15.9 Å². The highest BCUT2D eigenvalue weighted by Gasteiger charge is 2.19. The van der Waals surface area contributed by atoms with Crippen molar-refractivity contribution in [1.82, 2.24) is 0 Å². The van der Waals surface area contributed by atoms with E-state index in [4.69, 9.17) is 23.2 Å². The van der Waals surface area contributed by atoms with Gasteiger partial charge in [-0.25, -0.2) is 0 Å². The lowest BCUT2D eigenvalue weighted by molar-refractivity contribution is 0.104. The zero-order chi connectivity index (χ0) is 11.9. The van der Waals surface area contributed by atoms with Crippen molar-refractivity contribution in [3.63, 3.8) is 0 Å². The number of hydrogen-bond donors (Lipinski definition) is 0. The van der Waals surface area contributed by atoms with Crippen LogP contribution in [0.1, 0.15) is 20.1 Å². The predicted molar refractivity (Wildman–Crippen MR) is 74.5 cm³/mol. The minimum absolute atomic E-state index is 0.0688. The highest BCUT2D eigenvalue weighted by molar-refractivity contribution is 9.10. The summed E-state index contributed by atoms with van der Waals surface area (Å²) < 4.78 is 1.32. The molecule has 0 amide bonds. The smallest absolute Gasteiger partial charge is 0.214 e. The molecule has 0 radical (unpaired) electrons. The van der Waals surface area contributed by atoms with Gasteiger partial charge in [0.15, 0.2) is 0 Å². The number of carbonyl (C=O) groups excluding carboxylic acids is 1. The van der Waals surface area contributed by atoms with Crippen LogP contribution >= 0.6 is 61.8 Å². The van der Waals surface area contributed by atoms with Gasteiger partial charge in [-0.2, -0.15) is 0 Å². The lowest BCUT2D eigenvalue weighted by Crippen LogP contribution is -1.95. The largest absolute Gasteiger partial charge is 0.287 e. The lowest BCUT2D eigenvalue weighted by Gasteiger charge is -1.94. The van der Waals surface area contributed by atoms with Gasteiger partial charge in [-0.3, -0.25) is 4.79 Å². The minimum Gasteiger partial charge on any atom is -0.287 e. The van der Waals surface area contributed by atoms with E-state index in [0.717, 1.165) is 10.0 Å². The van der Waals surface area contributed by atoms with E-state index in [0.29, 0.717) is 19.1 Å². The monoisotopic (exact) mass is 354 g/mol. The average Bonchev–Trinajstić information content (AvgIpc) is 2.73. The Labute approximate surface area is 119 Å². The second kappa shape index (κ2) is 4.78. The maximum Gasteiger partial charge on any atom is 0.214 e. The Bertz CT molecular complexity index is 540. The Hall–Kier alpha value is 0.130. The van der Waals surface area contributed by atoms with E-state index >= 15 is 0 Å². The Morgan fingerprint density at radius 3 is 2.56 bits per heavy atom. The molecule has 0 fully saturated rings. The number of thiophene rings is 2. The normalized spacial score (nSPS) is 10.8. The molecule has 16 heavy (non-hydrogen) atoms. The molecule has 2 rings (SSSR count). The Balaban J connectivity index is 2.43. The van der Waals surface area contributed by atoms with Crippen molar-refractivity contribution in [2.24, 2.45) is 0 Å². The summed E-state index contributed by atoms with van der Waals surface area (Å²) in [7, 11) is 0. The van der Waals surface area contributed by atoms with Gasteiger partial charge in [0.1, 0.15) is 4.34 Å². The third-order valence-electron chi connectivity index (χ3n) is 1.97. The van der Waals surface area contributed by atoms with Crippen LogP contribution in [0, 0.1) is 6.92 Å². The van der Waals surface area contributed by atoms with Crippen molar-refractivity contribution >= 4 is 67.6 Å². The van der Waals surface area contributed by atoms with Gasteiger partial charge in [-0.15, -0.1) is 22.7 Å². The fourth-order valence-corrected chi connectivity index (χ4v) is 4.10. The van der Waals surface area contributed by atoms with Crippen LogP contribution in [0.4, 0.5) is 0 Å². The molecule has 84 valence electrons. The van der Waals surface area contributed by atoms with Crippen LogP contribution in [0.25, 0.3) is 0 Å². The number of halogens is 3. The maximum atomic E-state index is 12.1. The van der Waals surface area contributed by atoms with Crippen molar-refractivity contribution in [1.29, 1.82) is 0 Å². The number of ketones is 1. The van der Waals surface area contributed by atoms with Gasteiger partial charge in [0, 0.05) is 4.47 Å². The predicted octanol–water partition coefficient (Wildman–Crippen LogP) is 5.42. The molecule has 6 heteroatoms. The maximum absolute atomic E-state index is 12.1. The Morgan fingerprint density at radius 1 is 1.44 bits per heavy atom. The summed E-state index contributed by atoms with van der Waals surface area (Å²) >= 11 is 17.8. The number of aryl methyl sites for hydroxylation is 1. The van der Waals surface area contributed by atoms with Gasteiger partial charge in [0.2, 0.25) is 5.78 Å². The first kappa shape index (κ1) is 12.6. The molecule has 0 atom stereocenters. The molecule has 0 aliphatic carbocycles. The fraction of sp³-hybridized carbons (Fsp3) is 0.100. The summed E-state index contributed by atoms with van der Waals surface area (Å²) in [6, 6.07) is 1.72. The summed E-state index contributed by atoms with van der Waals surface area (Å²) in [5.41, 5.74) is 0.928. The van der Waals surface area contributed by atoms with Crippen LogP contribution in [-0.2, 0) is 0 Å². The molecule has 0 saturated heterocycles. The second-order valence-electron chi connectivity index (χ2n) is 3.12. The molecule has 2 aromatic heterocycles. The number of rotatable bonds is 2. The van der Waals surface area contributed by atoms with Gasteiger partial charge in [-0.1, -0.05) is 23.2 Å².